The predicted molar refractivity (Wildman–Crippen MR) is 110 cm³/mol. The van der Waals surface area contributed by atoms with Crippen molar-refractivity contribution in [2.24, 2.45) is 0 Å². The average molecular weight is 364 g/mol. The van der Waals surface area contributed by atoms with Gasteiger partial charge >= 0.3 is 6.03 Å². The molecule has 4 rings (SSSR count). The zero-order valence-electron chi connectivity index (χ0n) is 16.0. The third kappa shape index (κ3) is 4.08. The number of aryl methyl sites for hydroxylation is 1. The molecule has 0 spiro atoms. The van der Waals surface area contributed by atoms with Crippen LogP contribution in [0, 0.1) is 6.92 Å². The number of carbonyl (C=O) groups is 1. The first-order chi connectivity index (χ1) is 13.2. The van der Waals surface area contributed by atoms with E-state index >= 15 is 0 Å². The number of amides is 2. The highest BCUT2D eigenvalue weighted by molar-refractivity contribution is 5.93. The number of nitrogens with one attached hydrogen (secondary N) is 1. The standard InChI is InChI=1S/C22H28N4O/c1-18-5-2-3-6-21(18)25-13-4-12-24(15-16-25)17-19-7-9-20(10-8-19)26-14-11-23-22(26)27/h2-3,5-10H,4,11-17H2,1H3,(H,23,27). The van der Waals surface area contributed by atoms with Gasteiger partial charge in [-0.1, -0.05) is 30.3 Å². The summed E-state index contributed by atoms with van der Waals surface area (Å²) in [6.45, 7) is 9.02. The van der Waals surface area contributed by atoms with Gasteiger partial charge in [0.2, 0.25) is 0 Å². The van der Waals surface area contributed by atoms with Crippen molar-refractivity contribution < 1.29 is 4.79 Å². The van der Waals surface area contributed by atoms with Gasteiger partial charge in [0.25, 0.3) is 0 Å². The smallest absolute Gasteiger partial charge is 0.321 e. The number of nitrogens with zero attached hydrogens (tertiary/aromatic N) is 3. The molecule has 0 saturated carbocycles. The number of hydrogen-bond acceptors (Lipinski definition) is 3. The SMILES string of the molecule is Cc1ccccc1N1CCCN(Cc2ccc(N3CCNC3=O)cc2)CC1. The minimum absolute atomic E-state index is 0.00608. The maximum absolute atomic E-state index is 11.8. The first-order valence-corrected chi connectivity index (χ1v) is 9.88. The van der Waals surface area contributed by atoms with Crippen molar-refractivity contribution in [3.63, 3.8) is 0 Å². The molecule has 2 heterocycles. The van der Waals surface area contributed by atoms with Gasteiger partial charge in [0.15, 0.2) is 0 Å². The Morgan fingerprint density at radius 3 is 2.48 bits per heavy atom. The maximum Gasteiger partial charge on any atom is 0.321 e. The predicted octanol–water partition coefficient (Wildman–Crippen LogP) is 3.24. The molecule has 0 aliphatic carbocycles. The van der Waals surface area contributed by atoms with Crippen LogP contribution in [0.3, 0.4) is 0 Å². The third-order valence-corrected chi connectivity index (χ3v) is 5.56. The van der Waals surface area contributed by atoms with E-state index in [4.69, 9.17) is 0 Å². The van der Waals surface area contributed by atoms with Gasteiger partial charge in [-0.15, -0.1) is 0 Å². The highest BCUT2D eigenvalue weighted by atomic mass is 16.2. The van der Waals surface area contributed by atoms with E-state index in [2.05, 4.69) is 70.6 Å². The summed E-state index contributed by atoms with van der Waals surface area (Å²) in [6, 6.07) is 17.1. The Labute approximate surface area is 161 Å². The van der Waals surface area contributed by atoms with Crippen LogP contribution >= 0.6 is 0 Å². The number of urea groups is 1. The summed E-state index contributed by atoms with van der Waals surface area (Å²) in [6.07, 6.45) is 1.18. The van der Waals surface area contributed by atoms with E-state index < -0.39 is 0 Å². The van der Waals surface area contributed by atoms with Gasteiger partial charge in [-0.3, -0.25) is 9.80 Å². The lowest BCUT2D eigenvalue weighted by molar-refractivity contribution is 0.252. The van der Waals surface area contributed by atoms with E-state index in [0.717, 1.165) is 51.5 Å². The van der Waals surface area contributed by atoms with Crippen LogP contribution in [0.15, 0.2) is 48.5 Å². The van der Waals surface area contributed by atoms with Gasteiger partial charge in [-0.05, 0) is 42.7 Å². The van der Waals surface area contributed by atoms with Crippen LogP contribution in [-0.2, 0) is 6.54 Å². The molecule has 0 radical (unpaired) electrons. The molecule has 2 aromatic rings. The first kappa shape index (κ1) is 17.9. The quantitative estimate of drug-likeness (QED) is 0.905. The molecule has 2 aliphatic heterocycles. The number of rotatable bonds is 4. The number of hydrogen-bond donors (Lipinski definition) is 1. The highest BCUT2D eigenvalue weighted by Crippen LogP contribution is 2.22. The second-order valence-corrected chi connectivity index (χ2v) is 7.45. The zero-order chi connectivity index (χ0) is 18.6. The van der Waals surface area contributed by atoms with Gasteiger partial charge in [0.1, 0.15) is 0 Å². The fourth-order valence-electron chi connectivity index (χ4n) is 4.05. The molecular weight excluding hydrogens is 336 g/mol. The number of benzene rings is 2. The van der Waals surface area contributed by atoms with Crippen LogP contribution < -0.4 is 15.1 Å². The molecule has 2 aliphatic rings. The molecule has 1 N–H and O–H groups in total. The van der Waals surface area contributed by atoms with Crippen LogP contribution in [0.1, 0.15) is 17.5 Å². The Kier molecular flexibility index (Phi) is 5.30. The van der Waals surface area contributed by atoms with Crippen LogP contribution in [0.4, 0.5) is 16.2 Å². The average Bonchev–Trinajstić information content (AvgIpc) is 2.98. The maximum atomic E-state index is 11.8. The van der Waals surface area contributed by atoms with Gasteiger partial charge in [0, 0.05) is 57.2 Å². The van der Waals surface area contributed by atoms with E-state index in [1.165, 1.54) is 23.2 Å². The fourth-order valence-corrected chi connectivity index (χ4v) is 4.05. The molecular formula is C22H28N4O. The van der Waals surface area contributed by atoms with E-state index in [1.807, 2.05) is 0 Å². The summed E-state index contributed by atoms with van der Waals surface area (Å²) < 4.78 is 0. The summed E-state index contributed by atoms with van der Waals surface area (Å²) in [5.74, 6) is 0. The van der Waals surface area contributed by atoms with Crippen molar-refractivity contribution in [1.29, 1.82) is 0 Å². The summed E-state index contributed by atoms with van der Waals surface area (Å²) in [7, 11) is 0. The minimum atomic E-state index is 0.00608. The molecule has 0 atom stereocenters. The van der Waals surface area contributed by atoms with Crippen LogP contribution in [-0.4, -0.2) is 50.2 Å². The first-order valence-electron chi connectivity index (χ1n) is 9.88. The molecule has 5 nitrogen and oxygen atoms in total. The van der Waals surface area contributed by atoms with Crippen molar-refractivity contribution in [3.8, 4) is 0 Å². The van der Waals surface area contributed by atoms with Crippen LogP contribution in [0.5, 0.6) is 0 Å². The molecule has 0 bridgehead atoms. The summed E-state index contributed by atoms with van der Waals surface area (Å²) in [5, 5.41) is 2.85. The van der Waals surface area contributed by atoms with Gasteiger partial charge in [-0.2, -0.15) is 0 Å². The highest BCUT2D eigenvalue weighted by Gasteiger charge is 2.21. The number of para-hydroxylation sites is 1. The summed E-state index contributed by atoms with van der Waals surface area (Å²) >= 11 is 0. The Bertz CT molecular complexity index is 789. The van der Waals surface area contributed by atoms with Gasteiger partial charge in [0.05, 0.1) is 0 Å². The molecule has 2 amide bonds. The van der Waals surface area contributed by atoms with E-state index in [1.54, 1.807) is 4.90 Å². The molecule has 0 aromatic heterocycles. The molecule has 5 heteroatoms. The van der Waals surface area contributed by atoms with Crippen molar-refractivity contribution in [2.45, 2.75) is 19.9 Å². The molecule has 142 valence electrons. The Balaban J connectivity index is 1.36. The normalized spacial score (nSPS) is 18.5. The fraction of sp³-hybridized carbons (Fsp3) is 0.409. The van der Waals surface area contributed by atoms with E-state index in [0.29, 0.717) is 0 Å². The second kappa shape index (κ2) is 8.01. The van der Waals surface area contributed by atoms with Crippen molar-refractivity contribution in [3.05, 3.63) is 59.7 Å². The number of carbonyl (C=O) groups excluding carboxylic acids is 1. The molecule has 0 unspecified atom stereocenters. The molecule has 2 saturated heterocycles. The topological polar surface area (TPSA) is 38.8 Å². The zero-order valence-corrected chi connectivity index (χ0v) is 16.0. The molecule has 27 heavy (non-hydrogen) atoms. The Morgan fingerprint density at radius 2 is 1.74 bits per heavy atom. The van der Waals surface area contributed by atoms with Crippen LogP contribution in [0.2, 0.25) is 0 Å². The lowest BCUT2D eigenvalue weighted by atomic mass is 10.2. The molecule has 2 fully saturated rings. The van der Waals surface area contributed by atoms with Gasteiger partial charge in [-0.25, -0.2) is 4.79 Å². The Hall–Kier alpha value is -2.53. The molecule has 2 aromatic carbocycles. The monoisotopic (exact) mass is 364 g/mol. The number of anilines is 2. The van der Waals surface area contributed by atoms with E-state index in [9.17, 15) is 4.79 Å². The van der Waals surface area contributed by atoms with Crippen LogP contribution in [0.25, 0.3) is 0 Å². The van der Waals surface area contributed by atoms with E-state index in [-0.39, 0.29) is 6.03 Å². The summed E-state index contributed by atoms with van der Waals surface area (Å²) in [4.78, 5) is 18.6. The lowest BCUT2D eigenvalue weighted by Gasteiger charge is -2.25. The van der Waals surface area contributed by atoms with Crippen molar-refractivity contribution in [2.75, 3.05) is 49.1 Å². The third-order valence-electron chi connectivity index (χ3n) is 5.56. The van der Waals surface area contributed by atoms with Gasteiger partial charge < -0.3 is 10.2 Å². The second-order valence-electron chi connectivity index (χ2n) is 7.45. The largest absolute Gasteiger partial charge is 0.370 e. The van der Waals surface area contributed by atoms with Crippen molar-refractivity contribution >= 4 is 17.4 Å². The lowest BCUT2D eigenvalue weighted by Crippen LogP contribution is -2.31. The minimum Gasteiger partial charge on any atom is -0.370 e. The summed E-state index contributed by atoms with van der Waals surface area (Å²) in [5.41, 5.74) is 5.01. The van der Waals surface area contributed by atoms with Crippen molar-refractivity contribution in [1.82, 2.24) is 10.2 Å². The Morgan fingerprint density at radius 1 is 0.926 bits per heavy atom.